The second kappa shape index (κ2) is 9.57. The van der Waals surface area contributed by atoms with Gasteiger partial charge >= 0.3 is 0 Å². The highest BCUT2D eigenvalue weighted by Gasteiger charge is 2.13. The quantitative estimate of drug-likeness (QED) is 0.291. The van der Waals surface area contributed by atoms with Crippen molar-refractivity contribution in [3.05, 3.63) is 76.3 Å². The largest absolute Gasteiger partial charge is 0.493 e. The number of hydrogen-bond acceptors (Lipinski definition) is 4. The fourth-order valence-electron chi connectivity index (χ4n) is 3.42. The third-order valence-electron chi connectivity index (χ3n) is 5.48. The van der Waals surface area contributed by atoms with Crippen LogP contribution in [0, 0.1) is 0 Å². The fourth-order valence-corrected chi connectivity index (χ4v) is 3.92. The molecule has 4 aromatic rings. The molecule has 0 aliphatic carbocycles. The summed E-state index contributed by atoms with van der Waals surface area (Å²) >= 11 is 3.45. The summed E-state index contributed by atoms with van der Waals surface area (Å²) in [5.41, 5.74) is 4.98. The van der Waals surface area contributed by atoms with Crippen molar-refractivity contribution in [1.82, 2.24) is 4.98 Å². The molecule has 0 spiro atoms. The summed E-state index contributed by atoms with van der Waals surface area (Å²) in [5.74, 6) is 1.57. The van der Waals surface area contributed by atoms with Gasteiger partial charge in [0.25, 0.3) is 5.91 Å². The third kappa shape index (κ3) is 4.70. The molecule has 0 bridgehead atoms. The van der Waals surface area contributed by atoms with E-state index in [-0.39, 0.29) is 5.91 Å². The molecule has 0 saturated heterocycles. The van der Waals surface area contributed by atoms with Gasteiger partial charge in [-0.05, 0) is 95.4 Å². The number of hydrogen-bond donors (Lipinski definition) is 1. The highest BCUT2D eigenvalue weighted by molar-refractivity contribution is 9.10. The molecule has 1 N–H and O–H groups in total. The Morgan fingerprint density at radius 3 is 2.56 bits per heavy atom. The van der Waals surface area contributed by atoms with Crippen molar-refractivity contribution in [3.63, 3.8) is 0 Å². The Balaban J connectivity index is 1.49. The highest BCUT2D eigenvalue weighted by Crippen LogP contribution is 2.29. The summed E-state index contributed by atoms with van der Waals surface area (Å²) in [4.78, 5) is 17.3. The molecular weight excluding hydrogens is 468 g/mol. The molecule has 3 aromatic carbocycles. The number of halogens is 1. The molecule has 0 fully saturated rings. The summed E-state index contributed by atoms with van der Waals surface area (Å²) in [7, 11) is 0. The maximum Gasteiger partial charge on any atom is 0.255 e. The summed E-state index contributed by atoms with van der Waals surface area (Å²) < 4.78 is 12.2. The molecule has 0 aliphatic heterocycles. The Morgan fingerprint density at radius 1 is 1.09 bits per heavy atom. The minimum Gasteiger partial charge on any atom is -0.493 e. The first kappa shape index (κ1) is 22.1. The number of oxazole rings is 1. The van der Waals surface area contributed by atoms with Crippen LogP contribution in [0.15, 0.2) is 69.6 Å². The molecule has 6 heteroatoms. The first-order chi connectivity index (χ1) is 15.5. The number of benzene rings is 3. The van der Waals surface area contributed by atoms with E-state index < -0.39 is 0 Å². The first-order valence-electron chi connectivity index (χ1n) is 10.7. The lowest BCUT2D eigenvalue weighted by Crippen LogP contribution is -2.11. The standard InChI is InChI=1S/C26H25BrN2O3/c1-4-16(3)18-8-13-24-22(15-18)29-26(32-24)17-6-10-20(11-7-17)28-25(30)19-9-12-23(31-5-2)21(27)14-19/h6-16H,4-5H2,1-3H3,(H,28,30)/t16-/m1/s1. The van der Waals surface area contributed by atoms with E-state index >= 15 is 0 Å². The predicted octanol–water partition coefficient (Wildman–Crippen LogP) is 7.42. The second-order valence-corrected chi connectivity index (χ2v) is 8.52. The molecule has 0 aliphatic rings. The van der Waals surface area contributed by atoms with Gasteiger partial charge in [0, 0.05) is 16.8 Å². The number of nitrogens with zero attached hydrogens (tertiary/aromatic N) is 1. The van der Waals surface area contributed by atoms with Crippen LogP contribution < -0.4 is 10.1 Å². The molecular formula is C26H25BrN2O3. The fraction of sp³-hybridized carbons (Fsp3) is 0.231. The summed E-state index contributed by atoms with van der Waals surface area (Å²) in [6.07, 6.45) is 1.08. The number of carbonyl (C=O) groups is 1. The topological polar surface area (TPSA) is 64.4 Å². The number of aromatic nitrogens is 1. The van der Waals surface area contributed by atoms with Crippen molar-refractivity contribution in [3.8, 4) is 17.2 Å². The third-order valence-corrected chi connectivity index (χ3v) is 6.10. The van der Waals surface area contributed by atoms with Gasteiger partial charge in [0.15, 0.2) is 5.58 Å². The van der Waals surface area contributed by atoms with E-state index in [9.17, 15) is 4.79 Å². The molecule has 1 heterocycles. The van der Waals surface area contributed by atoms with Crippen LogP contribution in [0.25, 0.3) is 22.6 Å². The lowest BCUT2D eigenvalue weighted by Gasteiger charge is -2.09. The monoisotopic (exact) mass is 492 g/mol. The number of nitrogens with one attached hydrogen (secondary N) is 1. The molecule has 1 amide bonds. The van der Waals surface area contributed by atoms with Gasteiger partial charge in [-0.15, -0.1) is 0 Å². The van der Waals surface area contributed by atoms with Gasteiger partial charge in [-0.1, -0.05) is 19.9 Å². The Bertz CT molecular complexity index is 1250. The van der Waals surface area contributed by atoms with Crippen LogP contribution in [0.2, 0.25) is 0 Å². The zero-order valence-corrected chi connectivity index (χ0v) is 19.9. The van der Waals surface area contributed by atoms with Gasteiger partial charge in [-0.25, -0.2) is 4.98 Å². The van der Waals surface area contributed by atoms with E-state index in [1.54, 1.807) is 18.2 Å². The van der Waals surface area contributed by atoms with Crippen LogP contribution in [0.5, 0.6) is 5.75 Å². The number of fused-ring (bicyclic) bond motifs is 1. The lowest BCUT2D eigenvalue weighted by molar-refractivity contribution is 0.102. The van der Waals surface area contributed by atoms with E-state index in [1.165, 1.54) is 5.56 Å². The SMILES string of the molecule is CCOc1ccc(C(=O)Nc2ccc(-c3nc4cc([C@H](C)CC)ccc4o3)cc2)cc1Br. The molecule has 0 saturated carbocycles. The van der Waals surface area contributed by atoms with Crippen molar-refractivity contribution >= 4 is 38.6 Å². The Labute approximate surface area is 195 Å². The molecule has 1 aromatic heterocycles. The number of amides is 1. The van der Waals surface area contributed by atoms with Crippen LogP contribution in [0.1, 0.15) is 49.0 Å². The lowest BCUT2D eigenvalue weighted by atomic mass is 9.98. The number of carbonyl (C=O) groups excluding carboxylic acids is 1. The average molecular weight is 493 g/mol. The number of ether oxygens (including phenoxy) is 1. The number of anilines is 1. The van der Waals surface area contributed by atoms with Gasteiger partial charge in [-0.2, -0.15) is 0 Å². The van der Waals surface area contributed by atoms with E-state index in [0.717, 1.165) is 27.6 Å². The highest BCUT2D eigenvalue weighted by atomic mass is 79.9. The molecule has 32 heavy (non-hydrogen) atoms. The molecule has 0 unspecified atom stereocenters. The van der Waals surface area contributed by atoms with Crippen molar-refractivity contribution in [2.75, 3.05) is 11.9 Å². The molecule has 164 valence electrons. The van der Waals surface area contributed by atoms with Crippen LogP contribution >= 0.6 is 15.9 Å². The first-order valence-corrected chi connectivity index (χ1v) is 11.5. The van der Waals surface area contributed by atoms with Crippen molar-refractivity contribution in [1.29, 1.82) is 0 Å². The van der Waals surface area contributed by atoms with Crippen LogP contribution in [-0.2, 0) is 0 Å². The van der Waals surface area contributed by atoms with E-state index in [4.69, 9.17) is 9.15 Å². The van der Waals surface area contributed by atoms with E-state index in [0.29, 0.717) is 35.4 Å². The Kier molecular flexibility index (Phi) is 6.61. The molecule has 4 rings (SSSR count). The van der Waals surface area contributed by atoms with Crippen molar-refractivity contribution in [2.45, 2.75) is 33.1 Å². The van der Waals surface area contributed by atoms with Crippen molar-refractivity contribution < 1.29 is 13.9 Å². The average Bonchev–Trinajstić information content (AvgIpc) is 3.23. The molecule has 5 nitrogen and oxygen atoms in total. The Morgan fingerprint density at radius 2 is 1.88 bits per heavy atom. The van der Waals surface area contributed by atoms with E-state index in [1.807, 2.05) is 37.3 Å². The smallest absolute Gasteiger partial charge is 0.255 e. The van der Waals surface area contributed by atoms with Gasteiger partial charge in [-0.3, -0.25) is 4.79 Å². The van der Waals surface area contributed by atoms with Crippen molar-refractivity contribution in [2.24, 2.45) is 0 Å². The zero-order chi connectivity index (χ0) is 22.7. The Hall–Kier alpha value is -3.12. The molecule has 0 radical (unpaired) electrons. The van der Waals surface area contributed by atoms with Gasteiger partial charge in [0.05, 0.1) is 11.1 Å². The predicted molar refractivity (Wildman–Crippen MR) is 131 cm³/mol. The minimum absolute atomic E-state index is 0.194. The van der Waals surface area contributed by atoms with E-state index in [2.05, 4.69) is 52.2 Å². The zero-order valence-electron chi connectivity index (χ0n) is 18.3. The summed E-state index contributed by atoms with van der Waals surface area (Å²) in [6.45, 7) is 6.87. The second-order valence-electron chi connectivity index (χ2n) is 7.67. The van der Waals surface area contributed by atoms with Gasteiger partial charge in [0.1, 0.15) is 11.3 Å². The van der Waals surface area contributed by atoms with Crippen LogP contribution in [-0.4, -0.2) is 17.5 Å². The molecule has 1 atom stereocenters. The minimum atomic E-state index is -0.194. The maximum absolute atomic E-state index is 12.6. The van der Waals surface area contributed by atoms with Gasteiger partial charge < -0.3 is 14.5 Å². The number of rotatable bonds is 7. The maximum atomic E-state index is 12.6. The summed E-state index contributed by atoms with van der Waals surface area (Å²) in [6, 6.07) is 18.9. The van der Waals surface area contributed by atoms with Crippen LogP contribution in [0.4, 0.5) is 5.69 Å². The summed E-state index contributed by atoms with van der Waals surface area (Å²) in [5, 5.41) is 2.92. The normalized spacial score (nSPS) is 12.0. The van der Waals surface area contributed by atoms with Gasteiger partial charge in [0.2, 0.25) is 5.89 Å². The van der Waals surface area contributed by atoms with Crippen LogP contribution in [0.3, 0.4) is 0 Å².